The number of H-pyrrole nitrogens is 1. The number of hydrogen-bond acceptors (Lipinski definition) is 24. The summed E-state index contributed by atoms with van der Waals surface area (Å²) in [5.74, 6) is 2.16. The van der Waals surface area contributed by atoms with E-state index in [1.807, 2.05) is 87.1 Å². The summed E-state index contributed by atoms with van der Waals surface area (Å²) in [6, 6.07) is 6.95. The molecule has 5 aliphatic rings. The van der Waals surface area contributed by atoms with E-state index in [4.69, 9.17) is 34.2 Å². The Morgan fingerprint density at radius 2 is 0.981 bits per heavy atom. The highest BCUT2D eigenvalue weighted by molar-refractivity contribution is 7.91. The molecule has 32 nitrogen and oxygen atoms in total. The van der Waals surface area contributed by atoms with Crippen LogP contribution in [0.4, 0.5) is 17.8 Å². The first-order valence-electron chi connectivity index (χ1n) is 37.7. The Morgan fingerprint density at radius 1 is 0.565 bits per heavy atom. The zero-order chi connectivity index (χ0) is 76.0. The van der Waals surface area contributed by atoms with Gasteiger partial charge < -0.3 is 55.1 Å². The SMILES string of the molecule is COC[C@H](C)Nc1ncc2c(-c3cnn(C(C)(C)C(=O)N4CCS(=O)(=O)CC4)c3)cc(C3CCC(O)CC3)n2n1.COC[C@H](C)Nc1ncc2c(-c3cnn(C4CC(C(=O)OC)C4)c3)cc(C3CCC(O)CC3)n2n1.COC[C@H](C)Nc1ncc2c(-c3cnn(Cc4cn[nH]c4)c3)cc(C3CCC(O)CC3)n2n1. The van der Waals surface area contributed by atoms with Gasteiger partial charge in [0, 0.05) is 151 Å². The van der Waals surface area contributed by atoms with Crippen LogP contribution in [-0.4, -0.2) is 233 Å². The molecule has 4 saturated carbocycles. The molecule has 0 unspecified atom stereocenters. The first-order valence-corrected chi connectivity index (χ1v) is 39.5. The molecule has 5 fully saturated rings. The standard InChI is InChI=1S/C27H39N7O5S.C25H34N6O4.C23H30N8O2/c1-18(17-39-4)30-26-28-15-24-22(13-23(34(24)31-26)19-5-7-21(35)8-6-19)20-14-29-33(16-20)27(2,3)25(36)32-9-11-40(37,38)12-10-32;1-15(14-34-2)28-25-26-12-23-21(10-22(31(23)29-25)16-4-6-20(32)7-5-16)18-11-27-30(13-18)19-8-17(9-19)24(33)35-3;1-15(14-33-2)28-23-24-11-22-20(18-10-27-30(13-18)12-16-8-25-26-9-16)7-21(31(22)29-23)17-3-5-19(32)6-4-17/h13-16,18-19,21,35H,5-12,17H2,1-4H3,(H,30,31);10-13,15-17,19-20,32H,4-9,14H2,1-3H3,(H,28,29);7-11,13,15,17,19,32H,3-6,12,14H2,1-2H3,(H,25,26)(H,28,29)/t18-,19?,21?;15-,16?,17?,19?,20?;15-,17?,19?/m000/s1. The van der Waals surface area contributed by atoms with Crippen LogP contribution in [0, 0.1) is 5.92 Å². The molecule has 0 radical (unpaired) electrons. The van der Waals surface area contributed by atoms with Crippen LogP contribution in [-0.2, 0) is 50.5 Å². The third-order valence-corrected chi connectivity index (χ3v) is 23.4. The van der Waals surface area contributed by atoms with E-state index in [0.29, 0.717) is 56.0 Å². The van der Waals surface area contributed by atoms with Crippen molar-refractivity contribution in [2.45, 2.75) is 197 Å². The maximum Gasteiger partial charge on any atom is 0.308 e. The van der Waals surface area contributed by atoms with E-state index in [-0.39, 0.29) is 90.8 Å². The predicted octanol–water partition coefficient (Wildman–Crippen LogP) is 8.06. The van der Waals surface area contributed by atoms with Crippen LogP contribution >= 0.6 is 0 Å². The van der Waals surface area contributed by atoms with Gasteiger partial charge in [-0.15, -0.1) is 15.3 Å². The number of aromatic nitrogens is 17. The Labute approximate surface area is 627 Å². The van der Waals surface area contributed by atoms with E-state index in [2.05, 4.69) is 80.8 Å². The lowest BCUT2D eigenvalue weighted by Crippen LogP contribution is -2.52. The molecule has 0 aromatic carbocycles. The Bertz CT molecular complexity index is 4770. The summed E-state index contributed by atoms with van der Waals surface area (Å²) in [5.41, 5.74) is 12.0. The summed E-state index contributed by atoms with van der Waals surface area (Å²) in [5, 5.41) is 75.1. The van der Waals surface area contributed by atoms with Gasteiger partial charge in [0.05, 0.1) is 135 Å². The monoisotopic (exact) mass is 1510 g/mol. The smallest absolute Gasteiger partial charge is 0.308 e. The molecular weight excluding hydrogens is 1400 g/mol. The quantitative estimate of drug-likeness (QED) is 0.0281. The summed E-state index contributed by atoms with van der Waals surface area (Å²) < 4.78 is 55.7. The van der Waals surface area contributed by atoms with Gasteiger partial charge >= 0.3 is 5.97 Å². The number of sulfone groups is 1. The van der Waals surface area contributed by atoms with E-state index in [1.165, 1.54) is 7.11 Å². The van der Waals surface area contributed by atoms with Crippen molar-refractivity contribution in [1.29, 1.82) is 0 Å². The molecule has 1 saturated heterocycles. The number of rotatable bonds is 24. The van der Waals surface area contributed by atoms with Crippen molar-refractivity contribution in [3.8, 4) is 33.4 Å². The number of aromatic amines is 1. The number of nitrogens with one attached hydrogen (secondary N) is 4. The number of methoxy groups -OCH3 is 4. The molecule has 1 aliphatic heterocycles. The van der Waals surface area contributed by atoms with Crippen molar-refractivity contribution >= 4 is 56.1 Å². The number of ether oxygens (including phenoxy) is 4. The fourth-order valence-corrected chi connectivity index (χ4v) is 16.8. The van der Waals surface area contributed by atoms with Gasteiger partial charge in [-0.25, -0.2) is 36.9 Å². The summed E-state index contributed by atoms with van der Waals surface area (Å²) in [6.45, 7) is 12.4. The normalized spacial score (nSPS) is 22.5. The lowest BCUT2D eigenvalue weighted by molar-refractivity contribution is -0.150. The molecule has 580 valence electrons. The van der Waals surface area contributed by atoms with Crippen LogP contribution in [0.15, 0.2) is 86.4 Å². The van der Waals surface area contributed by atoms with Gasteiger partial charge in [0.2, 0.25) is 23.8 Å². The van der Waals surface area contributed by atoms with Crippen LogP contribution in [0.2, 0.25) is 0 Å². The molecule has 33 heteroatoms. The maximum atomic E-state index is 13.4. The highest BCUT2D eigenvalue weighted by Crippen LogP contribution is 2.43. The van der Waals surface area contributed by atoms with Crippen LogP contribution in [0.3, 0.4) is 0 Å². The van der Waals surface area contributed by atoms with Gasteiger partial charge in [-0.2, -0.15) is 20.4 Å². The number of carbonyl (C=O) groups is 2. The Hall–Kier alpha value is -9.25. The van der Waals surface area contributed by atoms with Gasteiger partial charge in [-0.3, -0.25) is 28.7 Å². The van der Waals surface area contributed by atoms with Crippen LogP contribution < -0.4 is 16.0 Å². The fourth-order valence-electron chi connectivity index (χ4n) is 15.6. The third-order valence-electron chi connectivity index (χ3n) is 21.8. The van der Waals surface area contributed by atoms with Gasteiger partial charge in [-0.1, -0.05) is 0 Å². The summed E-state index contributed by atoms with van der Waals surface area (Å²) >= 11 is 0. The van der Waals surface area contributed by atoms with Gasteiger partial charge in [0.15, 0.2) is 9.84 Å². The molecule has 15 rings (SSSR count). The van der Waals surface area contributed by atoms with E-state index in [0.717, 1.165) is 162 Å². The van der Waals surface area contributed by atoms with Crippen molar-refractivity contribution in [2.75, 3.05) is 88.8 Å². The predicted molar refractivity (Wildman–Crippen MR) is 405 cm³/mol. The highest BCUT2D eigenvalue weighted by atomic mass is 32.2. The van der Waals surface area contributed by atoms with Crippen LogP contribution in [0.25, 0.3) is 49.9 Å². The molecular formula is C75H103N21O11S. The zero-order valence-electron chi connectivity index (χ0n) is 63.1. The Kier molecular flexibility index (Phi) is 24.0. The molecule has 108 heavy (non-hydrogen) atoms. The minimum atomic E-state index is -3.09. The number of esters is 1. The first-order chi connectivity index (χ1) is 52.0. The second-order valence-electron chi connectivity index (χ2n) is 30.4. The molecule has 4 aliphatic carbocycles. The number of carbonyl (C=O) groups excluding carboxylic acids is 2. The maximum absolute atomic E-state index is 13.4. The number of anilines is 3. The molecule has 10 aromatic rings. The average Bonchev–Trinajstić information content (AvgIpc) is 1.62. The van der Waals surface area contributed by atoms with E-state index in [1.54, 1.807) is 63.3 Å². The summed E-state index contributed by atoms with van der Waals surface area (Å²) in [7, 11) is 3.36. The Morgan fingerprint density at radius 3 is 1.40 bits per heavy atom. The van der Waals surface area contributed by atoms with Crippen LogP contribution in [0.1, 0.15) is 171 Å². The molecule has 0 spiro atoms. The van der Waals surface area contributed by atoms with E-state index >= 15 is 0 Å². The molecule has 10 aromatic heterocycles. The number of aliphatic hydroxyl groups excluding tert-OH is 3. The summed E-state index contributed by atoms with van der Waals surface area (Å²) in [4.78, 5) is 40.5. The lowest BCUT2D eigenvalue weighted by atomic mass is 9.80. The van der Waals surface area contributed by atoms with Gasteiger partial charge in [0.1, 0.15) is 5.54 Å². The number of amides is 1. The van der Waals surface area contributed by atoms with Crippen molar-refractivity contribution < 1.29 is 52.3 Å². The Balaban J connectivity index is 0.000000144. The summed E-state index contributed by atoms with van der Waals surface area (Å²) in [6.07, 6.45) is 31.7. The van der Waals surface area contributed by atoms with E-state index in [9.17, 15) is 33.3 Å². The van der Waals surface area contributed by atoms with Crippen molar-refractivity contribution in [3.63, 3.8) is 0 Å². The molecule has 1 amide bonds. The van der Waals surface area contributed by atoms with Gasteiger partial charge in [-0.05, 0) is 143 Å². The second-order valence-corrected chi connectivity index (χ2v) is 32.7. The third kappa shape index (κ3) is 17.6. The average molecular weight is 1510 g/mol. The zero-order valence-corrected chi connectivity index (χ0v) is 63.9. The van der Waals surface area contributed by atoms with Crippen molar-refractivity contribution in [1.82, 2.24) is 88.2 Å². The minimum Gasteiger partial charge on any atom is -0.469 e. The fraction of sp³-hybridized carbons (Fsp3) is 0.573. The van der Waals surface area contributed by atoms with Gasteiger partial charge in [0.25, 0.3) is 0 Å². The van der Waals surface area contributed by atoms with Crippen LogP contribution in [0.5, 0.6) is 0 Å². The number of nitrogens with zero attached hydrogens (tertiary/aromatic N) is 17. The van der Waals surface area contributed by atoms with Crippen molar-refractivity contribution in [2.24, 2.45) is 5.92 Å². The minimum absolute atomic E-state index is 0.0159. The molecule has 11 heterocycles. The number of aliphatic hydroxyl groups is 3. The number of fused-ring (bicyclic) bond motifs is 3. The van der Waals surface area contributed by atoms with E-state index < -0.39 is 15.4 Å². The lowest BCUT2D eigenvalue weighted by Gasteiger charge is -2.34. The highest BCUT2D eigenvalue weighted by Gasteiger charge is 2.40. The molecule has 0 bridgehead atoms. The number of hydrogen-bond donors (Lipinski definition) is 7. The topological polar surface area (TPSA) is 378 Å². The first kappa shape index (κ1) is 76.9. The second kappa shape index (κ2) is 33.7. The largest absolute Gasteiger partial charge is 0.469 e. The molecule has 3 atom stereocenters. The van der Waals surface area contributed by atoms with Crippen molar-refractivity contribution in [3.05, 3.63) is 109 Å². The molecule has 7 N–H and O–H groups in total.